The Morgan fingerprint density at radius 1 is 1.23 bits per heavy atom. The van der Waals surface area contributed by atoms with E-state index in [1.165, 1.54) is 35.3 Å². The molecule has 8 heteroatoms. The van der Waals surface area contributed by atoms with Crippen LogP contribution < -0.4 is 5.32 Å². The zero-order valence-corrected chi connectivity index (χ0v) is 11.8. The molecule has 0 spiro atoms. The minimum atomic E-state index is -0.723. The van der Waals surface area contributed by atoms with Crippen molar-refractivity contribution in [2.45, 2.75) is 0 Å². The van der Waals surface area contributed by atoms with Gasteiger partial charge in [0.05, 0.1) is 11.9 Å². The zero-order chi connectivity index (χ0) is 15.5. The van der Waals surface area contributed by atoms with E-state index in [-0.39, 0.29) is 11.4 Å². The lowest BCUT2D eigenvalue weighted by molar-refractivity contribution is 0.102. The summed E-state index contributed by atoms with van der Waals surface area (Å²) < 4.78 is 26.6. The van der Waals surface area contributed by atoms with Gasteiger partial charge in [-0.2, -0.15) is 0 Å². The van der Waals surface area contributed by atoms with Crippen LogP contribution >= 0.6 is 11.3 Å². The van der Waals surface area contributed by atoms with Crippen LogP contribution in [-0.2, 0) is 0 Å². The van der Waals surface area contributed by atoms with Crippen molar-refractivity contribution in [3.05, 3.63) is 59.5 Å². The minimum Gasteiger partial charge on any atom is -0.318 e. The molecule has 2 heterocycles. The SMILES string of the molecule is O=C(Nc1cc(F)ccc1F)c1csc(-c2cnccn2)n1. The van der Waals surface area contributed by atoms with Gasteiger partial charge in [0.15, 0.2) is 0 Å². The Balaban J connectivity index is 1.81. The Morgan fingerprint density at radius 3 is 2.86 bits per heavy atom. The summed E-state index contributed by atoms with van der Waals surface area (Å²) in [6, 6.07) is 2.82. The zero-order valence-electron chi connectivity index (χ0n) is 11.0. The van der Waals surface area contributed by atoms with E-state index < -0.39 is 17.5 Å². The van der Waals surface area contributed by atoms with E-state index >= 15 is 0 Å². The highest BCUT2D eigenvalue weighted by Crippen LogP contribution is 2.22. The molecule has 5 nitrogen and oxygen atoms in total. The van der Waals surface area contributed by atoms with Crippen LogP contribution in [0.4, 0.5) is 14.5 Å². The number of hydrogen-bond acceptors (Lipinski definition) is 5. The Hall–Kier alpha value is -2.74. The summed E-state index contributed by atoms with van der Waals surface area (Å²) in [6.07, 6.45) is 4.56. The van der Waals surface area contributed by atoms with Gasteiger partial charge in [-0.15, -0.1) is 11.3 Å². The van der Waals surface area contributed by atoms with Crippen LogP contribution in [0.15, 0.2) is 42.2 Å². The number of rotatable bonds is 3. The number of anilines is 1. The van der Waals surface area contributed by atoms with E-state index in [4.69, 9.17) is 0 Å². The van der Waals surface area contributed by atoms with Crippen molar-refractivity contribution in [1.82, 2.24) is 15.0 Å². The first-order valence-electron chi connectivity index (χ1n) is 6.12. The molecule has 1 aromatic carbocycles. The second-order valence-electron chi connectivity index (χ2n) is 4.21. The van der Waals surface area contributed by atoms with E-state index in [9.17, 15) is 13.6 Å². The molecule has 0 atom stereocenters. The first kappa shape index (κ1) is 14.2. The summed E-state index contributed by atoms with van der Waals surface area (Å²) in [5.41, 5.74) is 0.386. The fraction of sp³-hybridized carbons (Fsp3) is 0. The molecule has 0 radical (unpaired) electrons. The lowest BCUT2D eigenvalue weighted by atomic mass is 10.3. The molecule has 0 aliphatic heterocycles. The maximum Gasteiger partial charge on any atom is 0.275 e. The molecule has 22 heavy (non-hydrogen) atoms. The highest BCUT2D eigenvalue weighted by atomic mass is 32.1. The fourth-order valence-electron chi connectivity index (χ4n) is 1.68. The van der Waals surface area contributed by atoms with Gasteiger partial charge in [0, 0.05) is 23.8 Å². The molecule has 0 unspecified atom stereocenters. The highest BCUT2D eigenvalue weighted by molar-refractivity contribution is 7.13. The predicted molar refractivity (Wildman–Crippen MR) is 77.5 cm³/mol. The van der Waals surface area contributed by atoms with Gasteiger partial charge in [-0.1, -0.05) is 0 Å². The number of carbonyl (C=O) groups is 1. The normalized spacial score (nSPS) is 10.5. The number of aromatic nitrogens is 3. The summed E-state index contributed by atoms with van der Waals surface area (Å²) in [4.78, 5) is 24.1. The van der Waals surface area contributed by atoms with E-state index in [1.54, 1.807) is 0 Å². The van der Waals surface area contributed by atoms with Gasteiger partial charge in [0.25, 0.3) is 5.91 Å². The topological polar surface area (TPSA) is 67.8 Å². The van der Waals surface area contributed by atoms with Crippen LogP contribution in [0.2, 0.25) is 0 Å². The smallest absolute Gasteiger partial charge is 0.275 e. The third kappa shape index (κ3) is 2.96. The number of benzene rings is 1. The number of amides is 1. The molecule has 1 amide bonds. The summed E-state index contributed by atoms with van der Waals surface area (Å²) in [5, 5.41) is 4.31. The summed E-state index contributed by atoms with van der Waals surface area (Å²) >= 11 is 1.21. The van der Waals surface area contributed by atoms with E-state index in [2.05, 4.69) is 20.3 Å². The molecule has 0 saturated heterocycles. The molecule has 0 aliphatic rings. The number of hydrogen-bond donors (Lipinski definition) is 1. The van der Waals surface area contributed by atoms with Crippen molar-refractivity contribution in [3.63, 3.8) is 0 Å². The van der Waals surface area contributed by atoms with E-state index in [0.29, 0.717) is 10.7 Å². The Bertz CT molecular complexity index is 823. The minimum absolute atomic E-state index is 0.0920. The fourth-order valence-corrected chi connectivity index (χ4v) is 2.45. The van der Waals surface area contributed by atoms with Crippen LogP contribution in [0, 0.1) is 11.6 Å². The Morgan fingerprint density at radius 2 is 2.09 bits per heavy atom. The summed E-state index contributed by atoms with van der Waals surface area (Å²) in [6.45, 7) is 0. The Kier molecular flexibility index (Phi) is 3.84. The predicted octanol–water partition coefficient (Wildman–Crippen LogP) is 3.13. The maximum atomic E-state index is 13.5. The van der Waals surface area contributed by atoms with Gasteiger partial charge >= 0.3 is 0 Å². The summed E-state index contributed by atoms with van der Waals surface area (Å²) in [5.74, 6) is -2.00. The van der Waals surface area contributed by atoms with Crippen LogP contribution in [0.1, 0.15) is 10.5 Å². The Labute approximate surface area is 127 Å². The van der Waals surface area contributed by atoms with Gasteiger partial charge in [-0.3, -0.25) is 14.8 Å². The molecule has 0 saturated carbocycles. The molecular weight excluding hydrogens is 310 g/mol. The number of halogens is 2. The average Bonchev–Trinajstić information content (AvgIpc) is 3.02. The molecule has 0 aliphatic carbocycles. The van der Waals surface area contributed by atoms with Gasteiger partial charge in [-0.05, 0) is 12.1 Å². The first-order chi connectivity index (χ1) is 10.6. The third-order valence-corrected chi connectivity index (χ3v) is 3.56. The van der Waals surface area contributed by atoms with Crippen LogP contribution in [0.5, 0.6) is 0 Å². The van der Waals surface area contributed by atoms with Gasteiger partial charge in [-0.25, -0.2) is 13.8 Å². The van der Waals surface area contributed by atoms with Crippen molar-refractivity contribution < 1.29 is 13.6 Å². The lowest BCUT2D eigenvalue weighted by Gasteiger charge is -2.04. The van der Waals surface area contributed by atoms with Crippen LogP contribution in [0.25, 0.3) is 10.7 Å². The third-order valence-electron chi connectivity index (χ3n) is 2.70. The first-order valence-corrected chi connectivity index (χ1v) is 7.00. The van der Waals surface area contributed by atoms with Gasteiger partial charge in [0.2, 0.25) is 0 Å². The largest absolute Gasteiger partial charge is 0.318 e. The maximum absolute atomic E-state index is 13.5. The molecule has 3 aromatic rings. The van der Waals surface area contributed by atoms with E-state index in [1.807, 2.05) is 0 Å². The average molecular weight is 318 g/mol. The number of nitrogens with one attached hydrogen (secondary N) is 1. The van der Waals surface area contributed by atoms with E-state index in [0.717, 1.165) is 18.2 Å². The molecule has 110 valence electrons. The lowest BCUT2D eigenvalue weighted by Crippen LogP contribution is -2.13. The molecule has 0 bridgehead atoms. The van der Waals surface area contributed by atoms with Crippen molar-refractivity contribution in [2.75, 3.05) is 5.32 Å². The highest BCUT2D eigenvalue weighted by Gasteiger charge is 2.15. The molecule has 3 rings (SSSR count). The quantitative estimate of drug-likeness (QED) is 0.805. The van der Waals surface area contributed by atoms with Crippen LogP contribution in [-0.4, -0.2) is 20.9 Å². The summed E-state index contributed by atoms with van der Waals surface area (Å²) in [7, 11) is 0. The van der Waals surface area contributed by atoms with Crippen molar-refractivity contribution >= 4 is 22.9 Å². The molecule has 0 fully saturated rings. The van der Waals surface area contributed by atoms with Crippen molar-refractivity contribution in [2.24, 2.45) is 0 Å². The molecular formula is C14H8F2N4OS. The van der Waals surface area contributed by atoms with Crippen molar-refractivity contribution in [1.29, 1.82) is 0 Å². The monoisotopic (exact) mass is 318 g/mol. The molecule has 2 aromatic heterocycles. The molecule has 1 N–H and O–H groups in total. The number of thiazole rings is 1. The van der Waals surface area contributed by atoms with Gasteiger partial charge < -0.3 is 5.32 Å². The van der Waals surface area contributed by atoms with Gasteiger partial charge in [0.1, 0.15) is 28.0 Å². The standard InChI is InChI=1S/C14H8F2N4OS/c15-8-1-2-9(16)10(5-8)19-13(21)12-7-22-14(20-12)11-6-17-3-4-18-11/h1-7H,(H,19,21). The second-order valence-corrected chi connectivity index (χ2v) is 5.06. The van der Waals surface area contributed by atoms with Crippen molar-refractivity contribution in [3.8, 4) is 10.7 Å². The second kappa shape index (κ2) is 5.94. The van der Waals surface area contributed by atoms with Crippen LogP contribution in [0.3, 0.4) is 0 Å². The number of nitrogens with zero attached hydrogens (tertiary/aromatic N) is 3. The number of carbonyl (C=O) groups excluding carboxylic acids is 1.